The molecule has 9 heteroatoms. The molecule has 1 aromatic heterocycles. The molecule has 150 valence electrons. The van der Waals surface area contributed by atoms with Crippen LogP contribution in [0.25, 0.3) is 0 Å². The van der Waals surface area contributed by atoms with Gasteiger partial charge in [0.05, 0.1) is 30.7 Å². The molecule has 2 N–H and O–H groups in total. The lowest BCUT2D eigenvalue weighted by Gasteiger charge is -2.34. The van der Waals surface area contributed by atoms with Crippen molar-refractivity contribution in [2.45, 2.75) is 40.8 Å². The van der Waals surface area contributed by atoms with Crippen molar-refractivity contribution in [3.63, 3.8) is 0 Å². The number of hydrogen-bond acceptors (Lipinski definition) is 5. The van der Waals surface area contributed by atoms with Crippen LogP contribution >= 0.6 is 0 Å². The summed E-state index contributed by atoms with van der Waals surface area (Å²) in [7, 11) is 0. The number of aryl methyl sites for hydroxylation is 1. The zero-order valence-electron chi connectivity index (χ0n) is 16.7. The molecule has 0 spiro atoms. The molecule has 1 aromatic carbocycles. The molecule has 9 nitrogen and oxygen atoms in total. The Morgan fingerprint density at radius 2 is 2.07 bits per heavy atom. The van der Waals surface area contributed by atoms with Crippen molar-refractivity contribution in [2.24, 2.45) is 5.41 Å². The largest absolute Gasteiger partial charge is 0.490 e. The second-order valence-corrected chi connectivity index (χ2v) is 7.59. The molecule has 0 atom stereocenters. The van der Waals surface area contributed by atoms with Crippen molar-refractivity contribution in [1.29, 1.82) is 0 Å². The van der Waals surface area contributed by atoms with Crippen molar-refractivity contribution < 1.29 is 14.3 Å². The lowest BCUT2D eigenvalue weighted by atomic mass is 9.94. The fourth-order valence-corrected chi connectivity index (χ4v) is 2.94. The van der Waals surface area contributed by atoms with E-state index in [-0.39, 0.29) is 11.9 Å². The Kier molecular flexibility index (Phi) is 5.53. The van der Waals surface area contributed by atoms with Gasteiger partial charge in [-0.25, -0.2) is 9.48 Å². The van der Waals surface area contributed by atoms with Crippen LogP contribution in [0.1, 0.15) is 33.4 Å². The number of nitrogens with zero attached hydrogens (tertiary/aromatic N) is 4. The highest BCUT2D eigenvalue weighted by atomic mass is 16.5. The predicted octanol–water partition coefficient (Wildman–Crippen LogP) is 2.39. The van der Waals surface area contributed by atoms with Gasteiger partial charge >= 0.3 is 6.03 Å². The number of hydrogen-bond donors (Lipinski definition) is 2. The summed E-state index contributed by atoms with van der Waals surface area (Å²) in [6, 6.07) is 4.93. The number of anilines is 2. The van der Waals surface area contributed by atoms with E-state index in [2.05, 4.69) is 20.9 Å². The molecule has 0 bridgehead atoms. The van der Waals surface area contributed by atoms with E-state index in [4.69, 9.17) is 4.74 Å². The van der Waals surface area contributed by atoms with Gasteiger partial charge in [-0.3, -0.25) is 4.79 Å². The third kappa shape index (κ3) is 4.24. The quantitative estimate of drug-likeness (QED) is 0.840. The van der Waals surface area contributed by atoms with E-state index in [9.17, 15) is 9.59 Å². The van der Waals surface area contributed by atoms with Crippen molar-refractivity contribution in [3.05, 3.63) is 30.1 Å². The maximum Gasteiger partial charge on any atom is 0.319 e. The average Bonchev–Trinajstić information content (AvgIpc) is 3.12. The third-order valence-corrected chi connectivity index (χ3v) is 4.39. The van der Waals surface area contributed by atoms with Crippen LogP contribution < -0.4 is 20.3 Å². The minimum Gasteiger partial charge on any atom is -0.490 e. The van der Waals surface area contributed by atoms with Gasteiger partial charge in [0, 0.05) is 17.6 Å². The molecule has 0 aliphatic carbocycles. The molecule has 3 rings (SSSR count). The summed E-state index contributed by atoms with van der Waals surface area (Å²) in [5.74, 6) is 0.645. The number of amides is 3. The molecule has 28 heavy (non-hydrogen) atoms. The summed E-state index contributed by atoms with van der Waals surface area (Å²) in [5, 5.41) is 13.4. The standard InChI is InChI=1S/C19H26N6O3/c1-5-25-14(12-21-23-25)11-20-18(27)22-13-6-7-16-15(10-13)24(8-9-28-16)17(26)19(2,3)4/h6-7,10,12H,5,8-9,11H2,1-4H3,(H2,20,22,27). The van der Waals surface area contributed by atoms with Crippen LogP contribution in [0, 0.1) is 5.41 Å². The van der Waals surface area contributed by atoms with Crippen molar-refractivity contribution >= 4 is 23.3 Å². The van der Waals surface area contributed by atoms with Crippen LogP contribution in [0.5, 0.6) is 5.75 Å². The van der Waals surface area contributed by atoms with Gasteiger partial charge in [0.1, 0.15) is 12.4 Å². The second kappa shape index (κ2) is 7.87. The molecule has 0 fully saturated rings. The van der Waals surface area contributed by atoms with E-state index in [1.807, 2.05) is 27.7 Å². The molecule has 0 unspecified atom stereocenters. The lowest BCUT2D eigenvalue weighted by Crippen LogP contribution is -2.44. The maximum absolute atomic E-state index is 12.8. The van der Waals surface area contributed by atoms with Gasteiger partial charge in [-0.05, 0) is 25.1 Å². The van der Waals surface area contributed by atoms with Crippen molar-refractivity contribution in [3.8, 4) is 5.75 Å². The molecular weight excluding hydrogens is 360 g/mol. The Balaban J connectivity index is 1.70. The minimum absolute atomic E-state index is 0.0129. The van der Waals surface area contributed by atoms with Gasteiger partial charge in [0.25, 0.3) is 0 Å². The zero-order valence-corrected chi connectivity index (χ0v) is 16.7. The Morgan fingerprint density at radius 1 is 1.29 bits per heavy atom. The number of carbonyl (C=O) groups is 2. The lowest BCUT2D eigenvalue weighted by molar-refractivity contribution is -0.126. The summed E-state index contributed by atoms with van der Waals surface area (Å²) in [6.45, 7) is 9.53. The van der Waals surface area contributed by atoms with E-state index in [1.54, 1.807) is 34.0 Å². The smallest absolute Gasteiger partial charge is 0.319 e. The topological polar surface area (TPSA) is 101 Å². The molecule has 0 radical (unpaired) electrons. The van der Waals surface area contributed by atoms with Crippen molar-refractivity contribution in [2.75, 3.05) is 23.4 Å². The SMILES string of the molecule is CCn1nncc1CNC(=O)Nc1ccc2c(c1)N(C(=O)C(C)(C)C)CCO2. The third-order valence-electron chi connectivity index (χ3n) is 4.39. The summed E-state index contributed by atoms with van der Waals surface area (Å²) in [5.41, 5.74) is 1.55. The maximum atomic E-state index is 12.8. The van der Waals surface area contributed by atoms with Crippen LogP contribution in [0.15, 0.2) is 24.4 Å². The van der Waals surface area contributed by atoms with Gasteiger partial charge < -0.3 is 20.3 Å². The molecule has 3 amide bonds. The second-order valence-electron chi connectivity index (χ2n) is 7.59. The van der Waals surface area contributed by atoms with Crippen LogP contribution in [0.2, 0.25) is 0 Å². The fourth-order valence-electron chi connectivity index (χ4n) is 2.94. The number of ether oxygens (including phenoxy) is 1. The van der Waals surface area contributed by atoms with Gasteiger partial charge in [-0.1, -0.05) is 26.0 Å². The van der Waals surface area contributed by atoms with E-state index < -0.39 is 5.41 Å². The summed E-state index contributed by atoms with van der Waals surface area (Å²) in [6.07, 6.45) is 1.62. The van der Waals surface area contributed by atoms with Crippen molar-refractivity contribution in [1.82, 2.24) is 20.3 Å². The van der Waals surface area contributed by atoms with Gasteiger partial charge in [0.2, 0.25) is 5.91 Å². The number of nitrogens with one attached hydrogen (secondary N) is 2. The monoisotopic (exact) mass is 386 g/mol. The van der Waals surface area contributed by atoms with E-state index in [1.165, 1.54) is 0 Å². The van der Waals surface area contributed by atoms with Gasteiger partial charge in [-0.2, -0.15) is 0 Å². The van der Waals surface area contributed by atoms with Crippen LogP contribution in [-0.2, 0) is 17.9 Å². The van der Waals surface area contributed by atoms with Crippen LogP contribution in [0.3, 0.4) is 0 Å². The van der Waals surface area contributed by atoms with Crippen LogP contribution in [0.4, 0.5) is 16.2 Å². The summed E-state index contributed by atoms with van der Waals surface area (Å²) >= 11 is 0. The molecular formula is C19H26N6O3. The van der Waals surface area contributed by atoms with E-state index in [0.717, 1.165) is 5.69 Å². The first-order valence-corrected chi connectivity index (χ1v) is 9.30. The highest BCUT2D eigenvalue weighted by Crippen LogP contribution is 2.36. The normalized spacial score (nSPS) is 13.5. The molecule has 0 saturated carbocycles. The molecule has 1 aliphatic rings. The molecule has 1 aliphatic heterocycles. The van der Waals surface area contributed by atoms with Gasteiger partial charge in [-0.15, -0.1) is 5.10 Å². The highest BCUT2D eigenvalue weighted by molar-refractivity contribution is 5.99. The Bertz CT molecular complexity index is 871. The number of carbonyl (C=O) groups excluding carboxylic acids is 2. The molecule has 2 aromatic rings. The fraction of sp³-hybridized carbons (Fsp3) is 0.474. The number of rotatable bonds is 4. The number of aromatic nitrogens is 3. The number of benzene rings is 1. The first kappa shape index (κ1) is 19.7. The summed E-state index contributed by atoms with van der Waals surface area (Å²) < 4.78 is 7.37. The summed E-state index contributed by atoms with van der Waals surface area (Å²) in [4.78, 5) is 26.7. The Labute approximate surface area is 164 Å². The average molecular weight is 386 g/mol. The minimum atomic E-state index is -0.508. The van der Waals surface area contributed by atoms with Gasteiger partial charge in [0.15, 0.2) is 0 Å². The molecule has 0 saturated heterocycles. The highest BCUT2D eigenvalue weighted by Gasteiger charge is 2.32. The first-order chi connectivity index (χ1) is 13.3. The van der Waals surface area contributed by atoms with E-state index in [0.29, 0.717) is 43.4 Å². The Morgan fingerprint density at radius 3 is 2.79 bits per heavy atom. The first-order valence-electron chi connectivity index (χ1n) is 9.30. The van der Waals surface area contributed by atoms with E-state index >= 15 is 0 Å². The molecule has 2 heterocycles. The Hall–Kier alpha value is -3.10. The predicted molar refractivity (Wildman–Crippen MR) is 105 cm³/mol. The number of fused-ring (bicyclic) bond motifs is 1. The van der Waals surface area contributed by atoms with Crippen LogP contribution in [-0.4, -0.2) is 40.1 Å². The zero-order chi connectivity index (χ0) is 20.3. The number of urea groups is 1.